The Balaban J connectivity index is 1.90. The number of carbonyl (C=O) groups excluding carboxylic acids is 1. The first-order chi connectivity index (χ1) is 15.6. The smallest absolute Gasteiger partial charge is 0.295 e. The van der Waals surface area contributed by atoms with Crippen LogP contribution < -0.4 is 4.90 Å². The van der Waals surface area contributed by atoms with Gasteiger partial charge in [0, 0.05) is 5.69 Å². The summed E-state index contributed by atoms with van der Waals surface area (Å²) in [6, 6.07) is 17.4. The molecule has 7 heteroatoms. The van der Waals surface area contributed by atoms with E-state index in [-0.39, 0.29) is 10.8 Å². The van der Waals surface area contributed by atoms with Crippen LogP contribution >= 0.6 is 0 Å². The fourth-order valence-electron chi connectivity index (χ4n) is 3.93. The highest BCUT2D eigenvalue weighted by Gasteiger charge is 2.47. The van der Waals surface area contributed by atoms with Crippen LogP contribution in [0, 0.1) is 12.7 Å². The van der Waals surface area contributed by atoms with Crippen LogP contribution in [0.5, 0.6) is 0 Å². The number of aryl methyl sites for hydroxylation is 1. The molecule has 0 spiro atoms. The number of rotatable bonds is 5. The first-order valence-corrected chi connectivity index (χ1v) is 12.0. The number of carbonyl (C=O) groups is 1. The van der Waals surface area contributed by atoms with E-state index in [4.69, 9.17) is 0 Å². The summed E-state index contributed by atoms with van der Waals surface area (Å²) in [5.41, 5.74) is 2.72. The van der Waals surface area contributed by atoms with Crippen LogP contribution in [0.15, 0.2) is 88.4 Å². The summed E-state index contributed by atoms with van der Waals surface area (Å²) in [5.74, 6) is -1.89. The maximum atomic E-state index is 13.6. The van der Waals surface area contributed by atoms with Gasteiger partial charge in [-0.2, -0.15) is 0 Å². The minimum atomic E-state index is -4.23. The van der Waals surface area contributed by atoms with Gasteiger partial charge in [-0.25, -0.2) is 12.8 Å². The van der Waals surface area contributed by atoms with Crippen molar-refractivity contribution in [3.8, 4) is 0 Å². The highest BCUT2D eigenvalue weighted by Crippen LogP contribution is 2.45. The van der Waals surface area contributed by atoms with E-state index in [0.29, 0.717) is 11.3 Å². The molecule has 1 heterocycles. The van der Waals surface area contributed by atoms with Gasteiger partial charge in [0.05, 0.1) is 4.90 Å². The molecule has 1 N–H and O–H groups in total. The molecule has 0 aromatic heterocycles. The lowest BCUT2D eigenvalue weighted by Crippen LogP contribution is -2.31. The van der Waals surface area contributed by atoms with Crippen LogP contribution in [0.2, 0.25) is 0 Å². The van der Waals surface area contributed by atoms with Gasteiger partial charge in [-0.3, -0.25) is 9.69 Å². The fraction of sp³-hybridized carbons (Fsp3) is 0.192. The largest absolute Gasteiger partial charge is 0.502 e. The molecule has 1 atom stereocenters. The van der Waals surface area contributed by atoms with Gasteiger partial charge in [0.25, 0.3) is 5.91 Å². The van der Waals surface area contributed by atoms with E-state index in [1.807, 2.05) is 32.9 Å². The third kappa shape index (κ3) is 4.04. The number of benzene rings is 3. The van der Waals surface area contributed by atoms with Gasteiger partial charge in [-0.05, 0) is 60.4 Å². The lowest BCUT2D eigenvalue weighted by molar-refractivity contribution is -0.117. The SMILES string of the molecule is Cc1ccc(S(=O)(=O)C2=C(O)C(=O)N(c3ccc(C(C)C)cc3)C2c2ccc(F)cc2)cc1. The third-order valence-electron chi connectivity index (χ3n) is 5.81. The van der Waals surface area contributed by atoms with Crippen molar-refractivity contribution in [1.29, 1.82) is 0 Å². The van der Waals surface area contributed by atoms with E-state index in [9.17, 15) is 22.7 Å². The molecule has 170 valence electrons. The van der Waals surface area contributed by atoms with Gasteiger partial charge >= 0.3 is 0 Å². The lowest BCUT2D eigenvalue weighted by atomic mass is 10.0. The van der Waals surface area contributed by atoms with Crippen molar-refractivity contribution in [3.05, 3.63) is 106 Å². The molecule has 1 aliphatic heterocycles. The zero-order valence-corrected chi connectivity index (χ0v) is 19.3. The zero-order chi connectivity index (χ0) is 23.9. The Morgan fingerprint density at radius 3 is 2.03 bits per heavy atom. The second-order valence-corrected chi connectivity index (χ2v) is 10.3. The van der Waals surface area contributed by atoms with Crippen molar-refractivity contribution < 1.29 is 22.7 Å². The van der Waals surface area contributed by atoms with E-state index < -0.39 is 38.3 Å². The molecule has 0 saturated heterocycles. The molecule has 3 aromatic rings. The van der Waals surface area contributed by atoms with Gasteiger partial charge < -0.3 is 5.11 Å². The summed E-state index contributed by atoms with van der Waals surface area (Å²) in [4.78, 5) is 14.0. The second kappa shape index (κ2) is 8.48. The summed E-state index contributed by atoms with van der Waals surface area (Å²) in [5, 5.41) is 10.8. The quantitative estimate of drug-likeness (QED) is 0.533. The molecule has 1 aliphatic rings. The van der Waals surface area contributed by atoms with Gasteiger partial charge in [0.1, 0.15) is 16.8 Å². The van der Waals surface area contributed by atoms with Crippen molar-refractivity contribution in [2.75, 3.05) is 4.90 Å². The fourth-order valence-corrected chi connectivity index (χ4v) is 5.56. The molecular weight excluding hydrogens is 441 g/mol. The molecular formula is C26H24FNO4S. The predicted molar refractivity (Wildman–Crippen MR) is 125 cm³/mol. The molecule has 0 fully saturated rings. The van der Waals surface area contributed by atoms with Crippen LogP contribution in [0.3, 0.4) is 0 Å². The number of hydrogen-bond acceptors (Lipinski definition) is 4. The van der Waals surface area contributed by atoms with E-state index in [1.54, 1.807) is 24.3 Å². The van der Waals surface area contributed by atoms with Gasteiger partial charge in [0.15, 0.2) is 5.76 Å². The molecule has 0 aliphatic carbocycles. The summed E-state index contributed by atoms with van der Waals surface area (Å²) in [6.45, 7) is 5.91. The Kier molecular flexibility index (Phi) is 5.84. The molecule has 3 aromatic carbocycles. The Hall–Kier alpha value is -3.45. The molecule has 5 nitrogen and oxygen atoms in total. The van der Waals surface area contributed by atoms with Crippen molar-refractivity contribution in [3.63, 3.8) is 0 Å². The average Bonchev–Trinajstić information content (AvgIpc) is 3.06. The second-order valence-electron chi connectivity index (χ2n) is 8.40. The standard InChI is InChI=1S/C26H24FNO4S/c1-16(2)18-8-12-21(13-9-18)28-23(19-6-10-20(27)11-7-19)25(24(29)26(28)30)33(31,32)22-14-4-17(3)5-15-22/h4-16,23,29H,1-3H3. The number of hydrogen-bond donors (Lipinski definition) is 1. The molecule has 0 saturated carbocycles. The maximum Gasteiger partial charge on any atom is 0.295 e. The van der Waals surface area contributed by atoms with E-state index in [2.05, 4.69) is 0 Å². The Morgan fingerprint density at radius 1 is 0.909 bits per heavy atom. The van der Waals surface area contributed by atoms with Crippen LogP contribution in [0.1, 0.15) is 42.5 Å². The molecule has 0 bridgehead atoms. The zero-order valence-electron chi connectivity index (χ0n) is 18.5. The van der Waals surface area contributed by atoms with Crippen molar-refractivity contribution in [2.24, 2.45) is 0 Å². The van der Waals surface area contributed by atoms with E-state index in [1.165, 1.54) is 41.3 Å². The maximum absolute atomic E-state index is 13.6. The average molecular weight is 466 g/mol. The molecule has 4 rings (SSSR count). The van der Waals surface area contributed by atoms with Gasteiger partial charge in [-0.1, -0.05) is 55.8 Å². The first kappa shape index (κ1) is 22.7. The van der Waals surface area contributed by atoms with E-state index >= 15 is 0 Å². The topological polar surface area (TPSA) is 74.7 Å². The minimum Gasteiger partial charge on any atom is -0.502 e. The monoisotopic (exact) mass is 465 g/mol. The molecule has 33 heavy (non-hydrogen) atoms. The van der Waals surface area contributed by atoms with E-state index in [0.717, 1.165) is 11.1 Å². The number of anilines is 1. The predicted octanol–water partition coefficient (Wildman–Crippen LogP) is 5.59. The molecule has 1 unspecified atom stereocenters. The number of sulfone groups is 1. The highest BCUT2D eigenvalue weighted by molar-refractivity contribution is 7.95. The molecule has 0 radical (unpaired) electrons. The first-order valence-electron chi connectivity index (χ1n) is 10.5. The number of halogens is 1. The number of amides is 1. The lowest BCUT2D eigenvalue weighted by Gasteiger charge is -2.27. The summed E-state index contributed by atoms with van der Waals surface area (Å²) < 4.78 is 40.8. The number of aliphatic hydroxyl groups excluding tert-OH is 1. The summed E-state index contributed by atoms with van der Waals surface area (Å²) >= 11 is 0. The van der Waals surface area contributed by atoms with Crippen LogP contribution in [-0.2, 0) is 14.6 Å². The number of aliphatic hydroxyl groups is 1. The Bertz CT molecular complexity index is 1330. The normalized spacial score (nSPS) is 16.7. The van der Waals surface area contributed by atoms with Crippen molar-refractivity contribution in [1.82, 2.24) is 0 Å². The van der Waals surface area contributed by atoms with Crippen LogP contribution in [0.25, 0.3) is 0 Å². The Morgan fingerprint density at radius 2 is 1.48 bits per heavy atom. The van der Waals surface area contributed by atoms with Crippen LogP contribution in [0.4, 0.5) is 10.1 Å². The van der Waals surface area contributed by atoms with Crippen LogP contribution in [-0.4, -0.2) is 19.4 Å². The summed E-state index contributed by atoms with van der Waals surface area (Å²) in [6.07, 6.45) is 0. The van der Waals surface area contributed by atoms with Crippen molar-refractivity contribution in [2.45, 2.75) is 37.6 Å². The molecule has 1 amide bonds. The number of nitrogens with zero attached hydrogens (tertiary/aromatic N) is 1. The van der Waals surface area contributed by atoms with Crippen molar-refractivity contribution >= 4 is 21.4 Å². The summed E-state index contributed by atoms with van der Waals surface area (Å²) in [7, 11) is -4.23. The van der Waals surface area contributed by atoms with Gasteiger partial charge in [-0.15, -0.1) is 0 Å². The van der Waals surface area contributed by atoms with Gasteiger partial charge in [0.2, 0.25) is 9.84 Å². The third-order valence-corrected chi connectivity index (χ3v) is 7.69. The minimum absolute atomic E-state index is 0.0356. The highest BCUT2D eigenvalue weighted by atomic mass is 32.2. The Labute approximate surface area is 192 Å².